The number of nitrogens with zero attached hydrogens (tertiary/aromatic N) is 1. The zero-order valence-corrected chi connectivity index (χ0v) is 29.9. The van der Waals surface area contributed by atoms with Crippen molar-refractivity contribution in [1.29, 1.82) is 0 Å². The molecule has 0 aromatic carbocycles. The lowest BCUT2D eigenvalue weighted by Crippen LogP contribution is -2.63. The Morgan fingerprint density at radius 3 is 2.14 bits per heavy atom. The number of nitrogens with one attached hydrogen (secondary N) is 1. The molecule has 7 heteroatoms. The number of hydrogen-bond donors (Lipinski definition) is 1. The van der Waals surface area contributed by atoms with Gasteiger partial charge in [0, 0.05) is 6.42 Å². The normalized spacial score (nSPS) is 36.1. The van der Waals surface area contributed by atoms with Crippen LogP contribution in [0, 0.1) is 52.3 Å². The number of ketones is 1. The standard InChI is InChI=1S/C37H64N2O5/c1-23(2)13-12-14-24(3)27-17-18-28-26-16-15-25-21-31(40)30(22-37(25,11)29(26)19-20-36(27,28)10)39(33(42)44-35(7,8)9)38-32(41)43-34(4,5)6/h23-30H,12-22H2,1-11H3,(H,38,41)/t24-,25?,26?,27-,28?,29?,30-,36-,37+/m1/s1. The van der Waals surface area contributed by atoms with Crippen LogP contribution in [-0.2, 0) is 14.3 Å². The SMILES string of the molecule is CC(C)CCC[C@@H](C)[C@H]1CCC2C3CCC4CC(=O)[C@H](N(NC(=O)OC(C)(C)C)C(=O)OC(C)(C)C)C[C@]4(C)C3CC[C@@]21C. The smallest absolute Gasteiger partial charge is 0.429 e. The Kier molecular flexibility index (Phi) is 10.2. The molecule has 4 aliphatic carbocycles. The molecule has 252 valence electrons. The first kappa shape index (κ1) is 35.1. The van der Waals surface area contributed by atoms with Crippen LogP contribution in [0.3, 0.4) is 0 Å². The lowest BCUT2D eigenvalue weighted by molar-refractivity contribution is -0.152. The lowest BCUT2D eigenvalue weighted by atomic mass is 9.44. The number of hydrazine groups is 1. The van der Waals surface area contributed by atoms with Crippen molar-refractivity contribution in [2.75, 3.05) is 0 Å². The quantitative estimate of drug-likeness (QED) is 0.301. The topological polar surface area (TPSA) is 84.9 Å². The fraction of sp³-hybridized carbons (Fsp3) is 0.919. The highest BCUT2D eigenvalue weighted by atomic mass is 16.6. The number of amides is 2. The Balaban J connectivity index is 1.55. The highest BCUT2D eigenvalue weighted by Crippen LogP contribution is 2.68. The minimum absolute atomic E-state index is 0.00430. The highest BCUT2D eigenvalue weighted by molar-refractivity contribution is 5.89. The molecule has 7 nitrogen and oxygen atoms in total. The van der Waals surface area contributed by atoms with E-state index in [0.29, 0.717) is 36.0 Å². The van der Waals surface area contributed by atoms with Crippen molar-refractivity contribution in [2.24, 2.45) is 52.3 Å². The van der Waals surface area contributed by atoms with E-state index in [0.717, 1.165) is 35.1 Å². The molecule has 0 bridgehead atoms. The second kappa shape index (κ2) is 12.8. The van der Waals surface area contributed by atoms with Crippen molar-refractivity contribution < 1.29 is 23.9 Å². The third kappa shape index (κ3) is 7.43. The Bertz CT molecular complexity index is 1060. The summed E-state index contributed by atoms with van der Waals surface area (Å²) in [6.45, 7) is 22.9. The molecule has 4 aliphatic rings. The average molecular weight is 617 g/mol. The summed E-state index contributed by atoms with van der Waals surface area (Å²) in [5, 5.41) is 1.16. The van der Waals surface area contributed by atoms with Gasteiger partial charge in [0.25, 0.3) is 0 Å². The number of ether oxygens (including phenoxy) is 2. The molecule has 2 amide bonds. The molecular weight excluding hydrogens is 552 g/mol. The van der Waals surface area contributed by atoms with Gasteiger partial charge in [0.15, 0.2) is 5.78 Å². The van der Waals surface area contributed by atoms with Gasteiger partial charge in [0.1, 0.15) is 17.2 Å². The van der Waals surface area contributed by atoms with Gasteiger partial charge in [-0.3, -0.25) is 4.79 Å². The number of fused-ring (bicyclic) bond motifs is 5. The van der Waals surface area contributed by atoms with Crippen LogP contribution in [0.1, 0.15) is 147 Å². The first-order valence-corrected chi connectivity index (χ1v) is 17.8. The van der Waals surface area contributed by atoms with Crippen molar-refractivity contribution in [3.05, 3.63) is 0 Å². The summed E-state index contributed by atoms with van der Waals surface area (Å²) >= 11 is 0. The van der Waals surface area contributed by atoms with Crippen LogP contribution in [0.15, 0.2) is 0 Å². The summed E-state index contributed by atoms with van der Waals surface area (Å²) in [6, 6.07) is -0.775. The monoisotopic (exact) mass is 616 g/mol. The van der Waals surface area contributed by atoms with Gasteiger partial charge < -0.3 is 9.47 Å². The predicted octanol–water partition coefficient (Wildman–Crippen LogP) is 9.33. The van der Waals surface area contributed by atoms with Crippen molar-refractivity contribution in [3.63, 3.8) is 0 Å². The molecule has 4 fully saturated rings. The number of rotatable bonds is 6. The molecule has 9 atom stereocenters. The molecule has 0 heterocycles. The summed E-state index contributed by atoms with van der Waals surface area (Å²) < 4.78 is 11.2. The van der Waals surface area contributed by atoms with Gasteiger partial charge in [0.2, 0.25) is 0 Å². The van der Waals surface area contributed by atoms with Crippen LogP contribution in [0.4, 0.5) is 9.59 Å². The third-order valence-electron chi connectivity index (χ3n) is 12.2. The summed E-state index contributed by atoms with van der Waals surface area (Å²) in [6.07, 6.45) is 10.9. The Hall–Kier alpha value is -1.79. The molecule has 0 saturated heterocycles. The third-order valence-corrected chi connectivity index (χ3v) is 12.2. The first-order valence-electron chi connectivity index (χ1n) is 17.8. The maximum Gasteiger partial charge on any atom is 0.429 e. The van der Waals surface area contributed by atoms with Gasteiger partial charge in [0.05, 0.1) is 0 Å². The van der Waals surface area contributed by atoms with E-state index in [1.807, 2.05) is 0 Å². The predicted molar refractivity (Wildman–Crippen MR) is 175 cm³/mol. The Labute approximate surface area is 268 Å². The largest absolute Gasteiger partial charge is 0.443 e. The fourth-order valence-electron chi connectivity index (χ4n) is 10.3. The van der Waals surface area contributed by atoms with Crippen LogP contribution in [0.2, 0.25) is 0 Å². The maximum absolute atomic E-state index is 13.8. The van der Waals surface area contributed by atoms with E-state index >= 15 is 0 Å². The first-order chi connectivity index (χ1) is 20.2. The zero-order valence-electron chi connectivity index (χ0n) is 29.9. The van der Waals surface area contributed by atoms with Gasteiger partial charge in [-0.05, 0) is 139 Å². The van der Waals surface area contributed by atoms with Crippen LogP contribution >= 0.6 is 0 Å². The second-order valence-electron chi connectivity index (χ2n) is 18.0. The van der Waals surface area contributed by atoms with E-state index in [4.69, 9.17) is 9.47 Å². The van der Waals surface area contributed by atoms with Crippen LogP contribution in [0.5, 0.6) is 0 Å². The number of carbonyl (C=O) groups excluding carboxylic acids is 3. The maximum atomic E-state index is 13.8. The van der Waals surface area contributed by atoms with Gasteiger partial charge in [-0.25, -0.2) is 20.0 Å². The van der Waals surface area contributed by atoms with Crippen molar-refractivity contribution in [3.8, 4) is 0 Å². The Morgan fingerprint density at radius 2 is 1.52 bits per heavy atom. The van der Waals surface area contributed by atoms with E-state index < -0.39 is 29.4 Å². The molecule has 1 N–H and O–H groups in total. The van der Waals surface area contributed by atoms with Crippen LogP contribution in [0.25, 0.3) is 0 Å². The van der Waals surface area contributed by atoms with Crippen LogP contribution < -0.4 is 5.43 Å². The van der Waals surface area contributed by atoms with Gasteiger partial charge in [-0.15, -0.1) is 0 Å². The number of hydrogen-bond acceptors (Lipinski definition) is 5. The summed E-state index contributed by atoms with van der Waals surface area (Å²) in [5.41, 5.74) is 1.44. The van der Waals surface area contributed by atoms with Crippen molar-refractivity contribution in [1.82, 2.24) is 10.4 Å². The fourth-order valence-corrected chi connectivity index (χ4v) is 10.3. The molecule has 4 unspecified atom stereocenters. The van der Waals surface area contributed by atoms with Gasteiger partial charge in [-0.2, -0.15) is 0 Å². The van der Waals surface area contributed by atoms with E-state index in [1.54, 1.807) is 41.5 Å². The minimum atomic E-state index is -0.775. The number of Topliss-reactive ketones (excluding diaryl/α,β-unsaturated/α-hetero) is 1. The molecule has 0 aliphatic heterocycles. The van der Waals surface area contributed by atoms with Crippen molar-refractivity contribution >= 4 is 18.0 Å². The van der Waals surface area contributed by atoms with Gasteiger partial charge in [-0.1, -0.05) is 53.9 Å². The van der Waals surface area contributed by atoms with E-state index in [2.05, 4.69) is 40.0 Å². The molecule has 44 heavy (non-hydrogen) atoms. The minimum Gasteiger partial charge on any atom is -0.443 e. The zero-order chi connectivity index (χ0) is 32.8. The van der Waals surface area contributed by atoms with Crippen LogP contribution in [-0.4, -0.2) is 40.2 Å². The molecule has 4 saturated carbocycles. The van der Waals surface area contributed by atoms with Crippen molar-refractivity contribution in [2.45, 2.75) is 164 Å². The highest BCUT2D eigenvalue weighted by Gasteiger charge is 2.62. The average Bonchev–Trinajstić information content (AvgIpc) is 3.22. The molecule has 0 radical (unpaired) electrons. The van der Waals surface area contributed by atoms with Gasteiger partial charge >= 0.3 is 12.2 Å². The second-order valence-corrected chi connectivity index (χ2v) is 18.0. The lowest BCUT2D eigenvalue weighted by Gasteiger charge is -2.61. The summed E-state index contributed by atoms with van der Waals surface area (Å²) in [7, 11) is 0. The summed E-state index contributed by atoms with van der Waals surface area (Å²) in [4.78, 5) is 40.2. The van der Waals surface area contributed by atoms with E-state index in [9.17, 15) is 14.4 Å². The number of carbonyl (C=O) groups is 3. The molecule has 0 aromatic rings. The molecule has 0 aromatic heterocycles. The Morgan fingerprint density at radius 1 is 0.886 bits per heavy atom. The summed E-state index contributed by atoms with van der Waals surface area (Å²) in [5.74, 6) is 4.57. The molecule has 0 spiro atoms. The van der Waals surface area contributed by atoms with E-state index in [-0.39, 0.29) is 11.2 Å². The molecule has 4 rings (SSSR count). The van der Waals surface area contributed by atoms with E-state index in [1.165, 1.54) is 51.4 Å². The molecular formula is C37H64N2O5.